The molecule has 0 radical (unpaired) electrons. The lowest BCUT2D eigenvalue weighted by molar-refractivity contribution is 0.0735. The molecule has 0 spiro atoms. The van der Waals surface area contributed by atoms with Crippen molar-refractivity contribution in [3.8, 4) is 0 Å². The summed E-state index contributed by atoms with van der Waals surface area (Å²) in [6, 6.07) is 14.7. The molecule has 0 fully saturated rings. The Kier molecular flexibility index (Phi) is 4.01. The minimum absolute atomic E-state index is 0.0217. The smallest absolute Gasteiger partial charge is 0.257 e. The summed E-state index contributed by atoms with van der Waals surface area (Å²) in [4.78, 5) is 17.1. The Bertz CT molecular complexity index is 917. The predicted molar refractivity (Wildman–Crippen MR) is 97.6 cm³/mol. The molecule has 0 N–H and O–H groups in total. The molecule has 0 saturated carbocycles. The molecule has 128 valence electrons. The van der Waals surface area contributed by atoms with E-state index in [0.29, 0.717) is 18.2 Å². The number of carbonyl (C=O) groups is 1. The molecule has 1 atom stereocenters. The highest BCUT2D eigenvalue weighted by Gasteiger charge is 2.26. The minimum Gasteiger partial charge on any atom is -0.340 e. The fourth-order valence-electron chi connectivity index (χ4n) is 3.63. The molecule has 25 heavy (non-hydrogen) atoms. The molecule has 0 aliphatic carbocycles. The summed E-state index contributed by atoms with van der Waals surface area (Å²) in [5.74, 6) is 0.0217. The molecule has 5 heteroatoms. The van der Waals surface area contributed by atoms with Crippen LogP contribution in [0.2, 0.25) is 0 Å². The van der Waals surface area contributed by atoms with Gasteiger partial charge in [0.05, 0.1) is 17.3 Å². The van der Waals surface area contributed by atoms with Crippen molar-refractivity contribution in [2.24, 2.45) is 0 Å². The Morgan fingerprint density at radius 2 is 1.96 bits per heavy atom. The quantitative estimate of drug-likeness (QED) is 0.739. The number of rotatable bonds is 3. The monoisotopic (exact) mass is 334 g/mol. The predicted octanol–water partition coefficient (Wildman–Crippen LogP) is 2.46. The fraction of sp³-hybridized carbons (Fsp3) is 0.300. The molecule has 3 aromatic rings. The molecule has 1 aliphatic heterocycles. The number of fused-ring (bicyclic) bond motifs is 2. The van der Waals surface area contributed by atoms with Gasteiger partial charge in [-0.3, -0.25) is 9.69 Å². The van der Waals surface area contributed by atoms with Gasteiger partial charge in [-0.1, -0.05) is 30.3 Å². The zero-order valence-electron chi connectivity index (χ0n) is 14.6. The van der Waals surface area contributed by atoms with Crippen LogP contribution in [0.4, 0.5) is 0 Å². The van der Waals surface area contributed by atoms with Crippen LogP contribution in [0.1, 0.15) is 21.5 Å². The number of hydrogen-bond acceptors (Lipinski definition) is 3. The highest BCUT2D eigenvalue weighted by Crippen LogP contribution is 2.23. The standard InChI is InChI=1S/C20H22N4O/c1-22-13-16-8-4-3-7-15(16)11-17(22)14-23(2)20(25)18-12-21-24-10-6-5-9-19(18)24/h3-10,12,17H,11,13-14H2,1-2H3. The van der Waals surface area contributed by atoms with E-state index in [9.17, 15) is 4.79 Å². The fourth-order valence-corrected chi connectivity index (χ4v) is 3.63. The number of carbonyl (C=O) groups excluding carboxylic acids is 1. The summed E-state index contributed by atoms with van der Waals surface area (Å²) in [5.41, 5.74) is 4.28. The first-order chi connectivity index (χ1) is 12.1. The average molecular weight is 334 g/mol. The molecule has 4 rings (SSSR count). The first kappa shape index (κ1) is 15.8. The molecule has 3 heterocycles. The molecule has 0 saturated heterocycles. The van der Waals surface area contributed by atoms with Crippen molar-refractivity contribution in [2.75, 3.05) is 20.6 Å². The van der Waals surface area contributed by atoms with Crippen molar-refractivity contribution >= 4 is 11.4 Å². The molecular formula is C20H22N4O. The highest BCUT2D eigenvalue weighted by molar-refractivity contribution is 6.00. The molecule has 5 nitrogen and oxygen atoms in total. The third kappa shape index (κ3) is 2.91. The van der Waals surface area contributed by atoms with Crippen LogP contribution < -0.4 is 0 Å². The lowest BCUT2D eigenvalue weighted by Crippen LogP contribution is -2.46. The number of nitrogens with zero attached hydrogens (tertiary/aromatic N) is 4. The normalized spacial score (nSPS) is 17.4. The summed E-state index contributed by atoms with van der Waals surface area (Å²) in [5, 5.41) is 4.27. The summed E-state index contributed by atoms with van der Waals surface area (Å²) in [6.07, 6.45) is 4.49. The molecular weight excluding hydrogens is 312 g/mol. The SMILES string of the molecule is CN(CC1Cc2ccccc2CN1C)C(=O)c1cnn2ccccc12. The minimum atomic E-state index is 0.0217. The summed E-state index contributed by atoms with van der Waals surface area (Å²) >= 11 is 0. The average Bonchev–Trinajstić information content (AvgIpc) is 3.05. The van der Waals surface area contributed by atoms with E-state index in [1.807, 2.05) is 36.3 Å². The summed E-state index contributed by atoms with van der Waals surface area (Å²) in [6.45, 7) is 1.63. The van der Waals surface area contributed by atoms with Gasteiger partial charge in [0.25, 0.3) is 5.91 Å². The van der Waals surface area contributed by atoms with Crippen LogP contribution in [0, 0.1) is 0 Å². The zero-order valence-corrected chi connectivity index (χ0v) is 14.6. The lowest BCUT2D eigenvalue weighted by Gasteiger charge is -2.36. The van der Waals surface area contributed by atoms with Crippen LogP contribution in [-0.2, 0) is 13.0 Å². The van der Waals surface area contributed by atoms with E-state index in [2.05, 4.69) is 41.3 Å². The van der Waals surface area contributed by atoms with Gasteiger partial charge in [-0.15, -0.1) is 0 Å². The van der Waals surface area contributed by atoms with Crippen molar-refractivity contribution in [1.29, 1.82) is 0 Å². The van der Waals surface area contributed by atoms with E-state index in [4.69, 9.17) is 0 Å². The largest absolute Gasteiger partial charge is 0.340 e. The van der Waals surface area contributed by atoms with Crippen LogP contribution in [0.3, 0.4) is 0 Å². The number of hydrogen-bond donors (Lipinski definition) is 0. The van der Waals surface area contributed by atoms with Gasteiger partial charge in [0.1, 0.15) is 0 Å². The van der Waals surface area contributed by atoms with E-state index in [1.54, 1.807) is 10.7 Å². The second-order valence-electron chi connectivity index (χ2n) is 6.82. The summed E-state index contributed by atoms with van der Waals surface area (Å²) in [7, 11) is 4.01. The number of amides is 1. The van der Waals surface area contributed by atoms with Crippen molar-refractivity contribution < 1.29 is 4.79 Å². The van der Waals surface area contributed by atoms with Crippen LogP contribution in [0.5, 0.6) is 0 Å². The lowest BCUT2D eigenvalue weighted by atomic mass is 9.94. The van der Waals surface area contributed by atoms with Crippen molar-refractivity contribution in [3.63, 3.8) is 0 Å². The topological polar surface area (TPSA) is 40.8 Å². The third-order valence-corrected chi connectivity index (χ3v) is 5.11. The van der Waals surface area contributed by atoms with Crippen LogP contribution >= 0.6 is 0 Å². The molecule has 2 aromatic heterocycles. The van der Waals surface area contributed by atoms with E-state index in [0.717, 1.165) is 18.5 Å². The number of aromatic nitrogens is 2. The van der Waals surface area contributed by atoms with Crippen molar-refractivity contribution in [3.05, 3.63) is 71.5 Å². The molecule has 1 aromatic carbocycles. The second kappa shape index (κ2) is 6.33. The number of likely N-dealkylation sites (N-methyl/N-ethyl adjacent to an activating group) is 2. The van der Waals surface area contributed by atoms with Gasteiger partial charge in [0.2, 0.25) is 0 Å². The van der Waals surface area contributed by atoms with E-state index >= 15 is 0 Å². The van der Waals surface area contributed by atoms with Gasteiger partial charge in [0, 0.05) is 32.4 Å². The molecule has 1 unspecified atom stereocenters. The Morgan fingerprint density at radius 1 is 1.20 bits per heavy atom. The Morgan fingerprint density at radius 3 is 2.80 bits per heavy atom. The Balaban J connectivity index is 1.52. The van der Waals surface area contributed by atoms with E-state index < -0.39 is 0 Å². The van der Waals surface area contributed by atoms with Gasteiger partial charge in [-0.05, 0) is 36.7 Å². The maximum Gasteiger partial charge on any atom is 0.257 e. The second-order valence-corrected chi connectivity index (χ2v) is 6.82. The van der Waals surface area contributed by atoms with Crippen LogP contribution in [-0.4, -0.2) is 52.0 Å². The molecule has 1 amide bonds. The van der Waals surface area contributed by atoms with Crippen molar-refractivity contribution in [1.82, 2.24) is 19.4 Å². The van der Waals surface area contributed by atoms with E-state index in [-0.39, 0.29) is 5.91 Å². The Labute approximate surface area is 147 Å². The van der Waals surface area contributed by atoms with Crippen LogP contribution in [0.15, 0.2) is 54.9 Å². The van der Waals surface area contributed by atoms with Gasteiger partial charge in [-0.25, -0.2) is 4.52 Å². The Hall–Kier alpha value is -2.66. The van der Waals surface area contributed by atoms with Crippen LogP contribution in [0.25, 0.3) is 5.52 Å². The first-order valence-corrected chi connectivity index (χ1v) is 8.58. The summed E-state index contributed by atoms with van der Waals surface area (Å²) < 4.78 is 1.74. The maximum atomic E-state index is 12.9. The number of benzene rings is 1. The number of pyridine rings is 1. The van der Waals surface area contributed by atoms with Gasteiger partial charge in [0.15, 0.2) is 0 Å². The molecule has 0 bridgehead atoms. The first-order valence-electron chi connectivity index (χ1n) is 8.58. The maximum absolute atomic E-state index is 12.9. The van der Waals surface area contributed by atoms with E-state index in [1.165, 1.54) is 11.1 Å². The third-order valence-electron chi connectivity index (χ3n) is 5.11. The van der Waals surface area contributed by atoms with Gasteiger partial charge < -0.3 is 4.90 Å². The molecule has 1 aliphatic rings. The van der Waals surface area contributed by atoms with Gasteiger partial charge >= 0.3 is 0 Å². The highest BCUT2D eigenvalue weighted by atomic mass is 16.2. The van der Waals surface area contributed by atoms with Gasteiger partial charge in [-0.2, -0.15) is 5.10 Å². The van der Waals surface area contributed by atoms with Crippen molar-refractivity contribution in [2.45, 2.75) is 19.0 Å². The zero-order chi connectivity index (χ0) is 17.4.